The minimum atomic E-state index is -0.522. The van der Waals surface area contributed by atoms with Gasteiger partial charge < -0.3 is 11.1 Å². The van der Waals surface area contributed by atoms with Crippen molar-refractivity contribution in [2.24, 2.45) is 5.73 Å². The first kappa shape index (κ1) is 11.7. The van der Waals surface area contributed by atoms with Crippen molar-refractivity contribution in [2.45, 2.75) is 26.2 Å². The molecule has 0 unspecified atom stereocenters. The van der Waals surface area contributed by atoms with Crippen LogP contribution < -0.4 is 11.1 Å². The monoisotopic (exact) mass is 184 g/mol. The Morgan fingerprint density at radius 2 is 2.00 bits per heavy atom. The number of primary amides is 1. The summed E-state index contributed by atoms with van der Waals surface area (Å²) in [7, 11) is 0. The molecule has 0 fully saturated rings. The van der Waals surface area contributed by atoms with Crippen LogP contribution in [0.15, 0.2) is 12.2 Å². The van der Waals surface area contributed by atoms with Crippen LogP contribution in [0.4, 0.5) is 4.79 Å². The Hall–Kier alpha value is -1.32. The van der Waals surface area contributed by atoms with E-state index >= 15 is 0 Å². The van der Waals surface area contributed by atoms with Crippen LogP contribution in [0.3, 0.4) is 0 Å². The fourth-order valence-electron chi connectivity index (χ4n) is 0.836. The molecule has 0 aliphatic carbocycles. The second-order valence-electron chi connectivity index (χ2n) is 2.95. The fourth-order valence-corrected chi connectivity index (χ4v) is 0.836. The van der Waals surface area contributed by atoms with Gasteiger partial charge in [0.05, 0.1) is 0 Å². The number of nitrogens with two attached hydrogens (primary N) is 1. The van der Waals surface area contributed by atoms with Crippen molar-refractivity contribution in [1.82, 2.24) is 5.32 Å². The normalized spacial score (nSPS) is 9.31. The standard InChI is InChI=1S/C9H16N2O2/c1-7(2)8(12)5-3-4-6-11-9(10)13/h1,3-6H2,2H3,(H3,10,11,13). The Balaban J connectivity index is 3.31. The Kier molecular flexibility index (Phi) is 5.59. The number of hydrogen-bond donors (Lipinski definition) is 2. The second kappa shape index (κ2) is 6.22. The van der Waals surface area contributed by atoms with Crippen LogP contribution in [-0.4, -0.2) is 18.4 Å². The lowest BCUT2D eigenvalue weighted by Gasteiger charge is -2.01. The van der Waals surface area contributed by atoms with Crippen LogP contribution in [0.2, 0.25) is 0 Å². The van der Waals surface area contributed by atoms with Crippen LogP contribution in [0.1, 0.15) is 26.2 Å². The Labute approximate surface area is 78.2 Å². The maximum Gasteiger partial charge on any atom is 0.312 e. The zero-order valence-electron chi connectivity index (χ0n) is 7.93. The predicted molar refractivity (Wildman–Crippen MR) is 51.3 cm³/mol. The fraction of sp³-hybridized carbons (Fsp3) is 0.556. The Morgan fingerprint density at radius 1 is 1.38 bits per heavy atom. The van der Waals surface area contributed by atoms with Gasteiger partial charge in [-0.15, -0.1) is 0 Å². The summed E-state index contributed by atoms with van der Waals surface area (Å²) < 4.78 is 0. The molecular weight excluding hydrogens is 168 g/mol. The van der Waals surface area contributed by atoms with Gasteiger partial charge in [0, 0.05) is 13.0 Å². The molecule has 13 heavy (non-hydrogen) atoms. The topological polar surface area (TPSA) is 72.2 Å². The van der Waals surface area contributed by atoms with E-state index in [0.29, 0.717) is 18.5 Å². The molecule has 0 rings (SSSR count). The lowest BCUT2D eigenvalue weighted by molar-refractivity contribution is -0.115. The molecule has 0 spiro atoms. The van der Waals surface area contributed by atoms with Crippen molar-refractivity contribution in [3.63, 3.8) is 0 Å². The van der Waals surface area contributed by atoms with Crippen LogP contribution in [0, 0.1) is 0 Å². The summed E-state index contributed by atoms with van der Waals surface area (Å²) in [5.74, 6) is 0.0825. The number of rotatable bonds is 6. The van der Waals surface area contributed by atoms with E-state index < -0.39 is 6.03 Å². The highest BCUT2D eigenvalue weighted by Gasteiger charge is 2.01. The van der Waals surface area contributed by atoms with E-state index in [9.17, 15) is 9.59 Å². The number of ketones is 1. The molecule has 0 bridgehead atoms. The number of hydrogen-bond acceptors (Lipinski definition) is 2. The molecule has 0 aliphatic rings. The molecule has 4 nitrogen and oxygen atoms in total. The average Bonchev–Trinajstić information content (AvgIpc) is 2.02. The molecule has 0 aromatic rings. The lowest BCUT2D eigenvalue weighted by Crippen LogP contribution is -2.30. The van der Waals surface area contributed by atoms with E-state index in [4.69, 9.17) is 5.73 Å². The van der Waals surface area contributed by atoms with Crippen molar-refractivity contribution in [2.75, 3.05) is 6.54 Å². The number of carbonyl (C=O) groups is 2. The number of Topliss-reactive ketones (excluding diaryl/α,β-unsaturated/α-hetero) is 1. The van der Waals surface area contributed by atoms with Crippen molar-refractivity contribution < 1.29 is 9.59 Å². The quantitative estimate of drug-likeness (QED) is 0.477. The molecule has 0 saturated heterocycles. The van der Waals surface area contributed by atoms with Crippen LogP contribution in [0.5, 0.6) is 0 Å². The molecule has 0 aromatic carbocycles. The summed E-state index contributed by atoms with van der Waals surface area (Å²) in [6.07, 6.45) is 2.02. The smallest absolute Gasteiger partial charge is 0.312 e. The highest BCUT2D eigenvalue weighted by Crippen LogP contribution is 2.01. The van der Waals surface area contributed by atoms with Gasteiger partial charge in [0.2, 0.25) is 0 Å². The van der Waals surface area contributed by atoms with Gasteiger partial charge in [-0.25, -0.2) is 4.79 Å². The van der Waals surface area contributed by atoms with Gasteiger partial charge in [-0.05, 0) is 25.3 Å². The number of allylic oxidation sites excluding steroid dienone is 1. The first-order valence-corrected chi connectivity index (χ1v) is 4.26. The predicted octanol–water partition coefficient (Wildman–Crippen LogP) is 0.970. The zero-order chi connectivity index (χ0) is 10.3. The van der Waals surface area contributed by atoms with Crippen LogP contribution in [0.25, 0.3) is 0 Å². The second-order valence-corrected chi connectivity index (χ2v) is 2.95. The molecule has 2 amide bonds. The van der Waals surface area contributed by atoms with Gasteiger partial charge in [0.25, 0.3) is 0 Å². The third kappa shape index (κ3) is 7.05. The molecule has 3 N–H and O–H groups in total. The van der Waals surface area contributed by atoms with Gasteiger partial charge in [0.1, 0.15) is 0 Å². The van der Waals surface area contributed by atoms with E-state index in [1.54, 1.807) is 6.92 Å². The molecule has 0 aromatic heterocycles. The molecule has 0 atom stereocenters. The van der Waals surface area contributed by atoms with E-state index in [2.05, 4.69) is 11.9 Å². The van der Waals surface area contributed by atoms with Crippen LogP contribution >= 0.6 is 0 Å². The third-order valence-corrected chi connectivity index (χ3v) is 1.61. The minimum Gasteiger partial charge on any atom is -0.352 e. The third-order valence-electron chi connectivity index (χ3n) is 1.61. The van der Waals surface area contributed by atoms with E-state index in [0.717, 1.165) is 12.8 Å². The summed E-state index contributed by atoms with van der Waals surface area (Å²) in [6, 6.07) is -0.522. The van der Waals surface area contributed by atoms with E-state index in [1.165, 1.54) is 0 Å². The van der Waals surface area contributed by atoms with Gasteiger partial charge in [0.15, 0.2) is 5.78 Å². The number of urea groups is 1. The molecule has 0 heterocycles. The molecular formula is C9H16N2O2. The number of carbonyl (C=O) groups excluding carboxylic acids is 2. The Morgan fingerprint density at radius 3 is 2.46 bits per heavy atom. The molecule has 74 valence electrons. The molecule has 0 radical (unpaired) electrons. The summed E-state index contributed by atoms with van der Waals surface area (Å²) in [6.45, 7) is 5.77. The van der Waals surface area contributed by atoms with Gasteiger partial charge in [-0.2, -0.15) is 0 Å². The number of unbranched alkanes of at least 4 members (excludes halogenated alkanes) is 1. The molecule has 0 aliphatic heterocycles. The van der Waals surface area contributed by atoms with Crippen molar-refractivity contribution in [1.29, 1.82) is 0 Å². The summed E-state index contributed by atoms with van der Waals surface area (Å²) in [4.78, 5) is 21.3. The molecule has 0 saturated carbocycles. The minimum absolute atomic E-state index is 0.0825. The maximum atomic E-state index is 11.0. The summed E-state index contributed by atoms with van der Waals surface area (Å²) >= 11 is 0. The zero-order valence-corrected chi connectivity index (χ0v) is 7.93. The van der Waals surface area contributed by atoms with Gasteiger partial charge >= 0.3 is 6.03 Å². The highest BCUT2D eigenvalue weighted by molar-refractivity contribution is 5.93. The average molecular weight is 184 g/mol. The van der Waals surface area contributed by atoms with E-state index in [-0.39, 0.29) is 5.78 Å². The van der Waals surface area contributed by atoms with Crippen LogP contribution in [-0.2, 0) is 4.79 Å². The maximum absolute atomic E-state index is 11.0. The van der Waals surface area contributed by atoms with Crippen molar-refractivity contribution >= 4 is 11.8 Å². The van der Waals surface area contributed by atoms with E-state index in [1.807, 2.05) is 0 Å². The van der Waals surface area contributed by atoms with Gasteiger partial charge in [-0.1, -0.05) is 6.58 Å². The SMILES string of the molecule is C=C(C)C(=O)CCCCNC(N)=O. The van der Waals surface area contributed by atoms with Crippen molar-refractivity contribution in [3.8, 4) is 0 Å². The number of nitrogens with one attached hydrogen (secondary N) is 1. The largest absolute Gasteiger partial charge is 0.352 e. The lowest BCUT2D eigenvalue weighted by atomic mass is 10.1. The summed E-state index contributed by atoms with van der Waals surface area (Å²) in [5, 5.41) is 2.45. The summed E-state index contributed by atoms with van der Waals surface area (Å²) in [5.41, 5.74) is 5.44. The highest BCUT2D eigenvalue weighted by atomic mass is 16.2. The first-order chi connectivity index (χ1) is 6.04. The molecule has 4 heteroatoms. The van der Waals surface area contributed by atoms with Gasteiger partial charge in [-0.3, -0.25) is 4.79 Å². The first-order valence-electron chi connectivity index (χ1n) is 4.26. The number of amides is 2. The van der Waals surface area contributed by atoms with Crippen molar-refractivity contribution in [3.05, 3.63) is 12.2 Å². The Bertz CT molecular complexity index is 212.